The Bertz CT molecular complexity index is 818. The molecule has 0 radical (unpaired) electrons. The Morgan fingerprint density at radius 3 is 2.50 bits per heavy atom. The summed E-state index contributed by atoms with van der Waals surface area (Å²) >= 11 is 5.74. The molecule has 0 bridgehead atoms. The van der Waals surface area contributed by atoms with Crippen molar-refractivity contribution < 1.29 is 17.4 Å². The number of fused-ring (bicyclic) bond motifs is 1. The molecule has 0 unspecified atom stereocenters. The zero-order chi connectivity index (χ0) is 15.7. The molecule has 1 amide bonds. The molecule has 3 rings (SSSR count). The van der Waals surface area contributed by atoms with Gasteiger partial charge in [0, 0.05) is 10.7 Å². The second-order valence-electron chi connectivity index (χ2n) is 4.85. The Morgan fingerprint density at radius 2 is 1.77 bits per heavy atom. The first-order valence-corrected chi connectivity index (χ1v) is 8.46. The molecule has 0 saturated carbocycles. The van der Waals surface area contributed by atoms with Crippen LogP contribution in [0.3, 0.4) is 0 Å². The van der Waals surface area contributed by atoms with Gasteiger partial charge in [0.2, 0.25) is 5.91 Å². The van der Waals surface area contributed by atoms with E-state index in [1.807, 2.05) is 6.07 Å². The lowest BCUT2D eigenvalue weighted by Gasteiger charge is -2.17. The van der Waals surface area contributed by atoms with Gasteiger partial charge in [0.25, 0.3) is 0 Å². The number of halogens is 1. The highest BCUT2D eigenvalue weighted by molar-refractivity contribution is 7.87. The van der Waals surface area contributed by atoms with Crippen molar-refractivity contribution in [2.45, 2.75) is 6.42 Å². The van der Waals surface area contributed by atoms with Crippen LogP contribution in [-0.4, -0.2) is 20.2 Å². The third kappa shape index (κ3) is 3.08. The minimum atomic E-state index is -3.94. The summed E-state index contributed by atoms with van der Waals surface area (Å²) in [5.41, 5.74) is 1.42. The first-order valence-electron chi connectivity index (χ1n) is 6.51. The lowest BCUT2D eigenvalue weighted by Crippen LogP contribution is -2.34. The molecule has 0 N–H and O–H groups in total. The molecule has 0 aliphatic carbocycles. The van der Waals surface area contributed by atoms with E-state index in [2.05, 4.69) is 0 Å². The zero-order valence-electron chi connectivity index (χ0n) is 11.4. The highest BCUT2D eigenvalue weighted by atomic mass is 35.5. The first kappa shape index (κ1) is 14.9. The van der Waals surface area contributed by atoms with E-state index in [1.54, 1.807) is 18.2 Å². The topological polar surface area (TPSA) is 63.7 Å². The fraction of sp³-hybridized carbons (Fsp3) is 0.133. The van der Waals surface area contributed by atoms with Gasteiger partial charge in [0.05, 0.1) is 6.42 Å². The first-order chi connectivity index (χ1) is 10.4. The summed E-state index contributed by atoms with van der Waals surface area (Å²) in [5, 5.41) is 0.480. The number of carbonyl (C=O) groups is 1. The Labute approximate surface area is 133 Å². The molecule has 1 aliphatic heterocycles. The van der Waals surface area contributed by atoms with Crippen molar-refractivity contribution in [3.05, 3.63) is 59.1 Å². The Morgan fingerprint density at radius 1 is 1.09 bits per heavy atom. The number of nitrogens with zero attached hydrogens (tertiary/aromatic N) is 1. The quantitative estimate of drug-likeness (QED) is 0.804. The number of carbonyl (C=O) groups excluding carboxylic acids is 1. The maximum absolute atomic E-state index is 12.1. The van der Waals surface area contributed by atoms with Crippen molar-refractivity contribution >= 4 is 33.3 Å². The van der Waals surface area contributed by atoms with Crippen LogP contribution >= 0.6 is 11.6 Å². The number of rotatable bonds is 4. The maximum atomic E-state index is 12.1. The van der Waals surface area contributed by atoms with Crippen molar-refractivity contribution in [2.24, 2.45) is 0 Å². The molecule has 0 atom stereocenters. The van der Waals surface area contributed by atoms with Crippen LogP contribution in [0.2, 0.25) is 5.02 Å². The molecule has 114 valence electrons. The highest BCUT2D eigenvalue weighted by Crippen LogP contribution is 2.29. The van der Waals surface area contributed by atoms with E-state index in [0.717, 1.165) is 5.56 Å². The fourth-order valence-electron chi connectivity index (χ4n) is 2.28. The van der Waals surface area contributed by atoms with Crippen LogP contribution < -0.4 is 9.08 Å². The van der Waals surface area contributed by atoms with Crippen molar-refractivity contribution in [1.29, 1.82) is 0 Å². The van der Waals surface area contributed by atoms with E-state index < -0.39 is 16.0 Å². The normalized spacial score (nSPS) is 14.0. The molecule has 0 aromatic heterocycles. The van der Waals surface area contributed by atoms with Crippen LogP contribution in [0, 0.1) is 0 Å². The molecule has 0 spiro atoms. The standard InChI is InChI=1S/C15H12ClNO4S/c16-12-5-7-13(8-6-12)21-22(19,20)10-17-14-4-2-1-3-11(14)9-15(17)18/h1-8H,9-10H2. The van der Waals surface area contributed by atoms with Crippen LogP contribution in [-0.2, 0) is 21.3 Å². The maximum Gasteiger partial charge on any atom is 0.328 e. The van der Waals surface area contributed by atoms with Gasteiger partial charge in [-0.1, -0.05) is 29.8 Å². The molecule has 2 aromatic rings. The van der Waals surface area contributed by atoms with Crippen LogP contribution in [0.25, 0.3) is 0 Å². The Balaban J connectivity index is 1.80. The van der Waals surface area contributed by atoms with E-state index in [1.165, 1.54) is 29.2 Å². The predicted octanol–water partition coefficient (Wildman–Crippen LogP) is 2.60. The number of hydrogen-bond acceptors (Lipinski definition) is 4. The number of anilines is 1. The zero-order valence-corrected chi connectivity index (χ0v) is 13.0. The lowest BCUT2D eigenvalue weighted by atomic mass is 10.2. The summed E-state index contributed by atoms with van der Waals surface area (Å²) < 4.78 is 29.3. The molecule has 2 aromatic carbocycles. The molecule has 22 heavy (non-hydrogen) atoms. The van der Waals surface area contributed by atoms with Crippen molar-refractivity contribution in [1.82, 2.24) is 0 Å². The van der Waals surface area contributed by atoms with Crippen LogP contribution in [0.4, 0.5) is 5.69 Å². The Kier molecular flexibility index (Phi) is 3.80. The van der Waals surface area contributed by atoms with Gasteiger partial charge in [-0.05, 0) is 35.9 Å². The van der Waals surface area contributed by atoms with Gasteiger partial charge in [-0.2, -0.15) is 8.42 Å². The van der Waals surface area contributed by atoms with Gasteiger partial charge in [-0.15, -0.1) is 0 Å². The van der Waals surface area contributed by atoms with Gasteiger partial charge in [0.1, 0.15) is 5.75 Å². The summed E-state index contributed by atoms with van der Waals surface area (Å²) in [7, 11) is -3.94. The van der Waals surface area contributed by atoms with Crippen LogP contribution in [0.1, 0.15) is 5.56 Å². The predicted molar refractivity (Wildman–Crippen MR) is 83.5 cm³/mol. The number of hydrogen-bond donors (Lipinski definition) is 0. The molecule has 0 saturated heterocycles. The minimum Gasteiger partial charge on any atom is -0.381 e. The molecule has 1 aliphatic rings. The average Bonchev–Trinajstić information content (AvgIpc) is 2.77. The monoisotopic (exact) mass is 337 g/mol. The van der Waals surface area contributed by atoms with E-state index in [0.29, 0.717) is 10.7 Å². The molecular weight excluding hydrogens is 326 g/mol. The second-order valence-corrected chi connectivity index (χ2v) is 6.83. The van der Waals surface area contributed by atoms with Crippen molar-refractivity contribution in [3.8, 4) is 5.75 Å². The number of benzene rings is 2. The molecular formula is C15H12ClNO4S. The molecule has 1 heterocycles. The highest BCUT2D eigenvalue weighted by Gasteiger charge is 2.31. The molecule has 0 fully saturated rings. The number of para-hydroxylation sites is 1. The van der Waals surface area contributed by atoms with Gasteiger partial charge < -0.3 is 4.18 Å². The summed E-state index contributed by atoms with van der Waals surface area (Å²) in [5.74, 6) is -0.625. The van der Waals surface area contributed by atoms with Gasteiger partial charge in [0.15, 0.2) is 5.88 Å². The largest absolute Gasteiger partial charge is 0.381 e. The van der Waals surface area contributed by atoms with Gasteiger partial charge in [-0.3, -0.25) is 9.69 Å². The Hall–Kier alpha value is -2.05. The van der Waals surface area contributed by atoms with E-state index in [-0.39, 0.29) is 18.1 Å². The fourth-order valence-corrected chi connectivity index (χ4v) is 3.46. The van der Waals surface area contributed by atoms with Gasteiger partial charge >= 0.3 is 10.1 Å². The van der Waals surface area contributed by atoms with E-state index in [9.17, 15) is 13.2 Å². The summed E-state index contributed by atoms with van der Waals surface area (Å²) in [4.78, 5) is 13.2. The van der Waals surface area contributed by atoms with Crippen LogP contribution in [0.5, 0.6) is 5.75 Å². The van der Waals surface area contributed by atoms with E-state index >= 15 is 0 Å². The minimum absolute atomic E-state index is 0.157. The third-order valence-electron chi connectivity index (χ3n) is 3.25. The average molecular weight is 338 g/mol. The van der Waals surface area contributed by atoms with Gasteiger partial charge in [-0.25, -0.2) is 0 Å². The number of amides is 1. The van der Waals surface area contributed by atoms with E-state index in [4.69, 9.17) is 15.8 Å². The van der Waals surface area contributed by atoms with Crippen molar-refractivity contribution in [3.63, 3.8) is 0 Å². The molecule has 5 nitrogen and oxygen atoms in total. The molecule has 7 heteroatoms. The van der Waals surface area contributed by atoms with Crippen LogP contribution in [0.15, 0.2) is 48.5 Å². The third-order valence-corrected chi connectivity index (χ3v) is 4.52. The SMILES string of the molecule is O=C1Cc2ccccc2N1CS(=O)(=O)Oc1ccc(Cl)cc1. The lowest BCUT2D eigenvalue weighted by molar-refractivity contribution is -0.117. The second kappa shape index (κ2) is 5.62. The summed E-state index contributed by atoms with van der Waals surface area (Å²) in [6.07, 6.45) is 0.201. The summed E-state index contributed by atoms with van der Waals surface area (Å²) in [6.45, 7) is 0. The summed E-state index contributed by atoms with van der Waals surface area (Å²) in [6, 6.07) is 13.1. The smallest absolute Gasteiger partial charge is 0.328 e. The van der Waals surface area contributed by atoms with Crippen molar-refractivity contribution in [2.75, 3.05) is 10.8 Å².